The molecule has 0 bridgehead atoms. The SMILES string of the molecule is CC(C)C[C@@H]1NC(=O)[C@@H](Cc2ccccc2)CC(=O)[C@H](CCN)NC(=O)[C@@H](CC(=O)[C@H](CCN)NC(=O)[C@@H](CC(=O)CCCN(C)C)C(C)O)CCNC(=O)[C@H](C(C)O)CC(=O)[C@H](CCN)NC(=O)[C@H](CCN)NC1=O. The monoisotopic (exact) mass is 1070 g/mol. The minimum Gasteiger partial charge on any atom is -0.393 e. The van der Waals surface area contributed by atoms with Crippen molar-refractivity contribution in [2.24, 2.45) is 52.5 Å². The lowest BCUT2D eigenvalue weighted by Crippen LogP contribution is -2.57. The molecular weight excluding hydrogens is 983 g/mol. The molecule has 6 amide bonds. The molecule has 11 atom stereocenters. The second-order valence-electron chi connectivity index (χ2n) is 20.8. The molecule has 428 valence electrons. The number of amides is 6. The van der Waals surface area contributed by atoms with Crippen molar-refractivity contribution in [2.45, 2.75) is 154 Å². The molecule has 16 N–H and O–H groups in total. The number of nitrogens with two attached hydrogens (primary N) is 4. The van der Waals surface area contributed by atoms with Crippen LogP contribution in [-0.4, -0.2) is 169 Å². The molecule has 1 heterocycles. The van der Waals surface area contributed by atoms with Gasteiger partial charge in [0.25, 0.3) is 0 Å². The van der Waals surface area contributed by atoms with Crippen molar-refractivity contribution in [2.75, 3.05) is 53.4 Å². The van der Waals surface area contributed by atoms with Gasteiger partial charge in [0.1, 0.15) is 17.9 Å². The molecule has 1 aliphatic rings. The summed E-state index contributed by atoms with van der Waals surface area (Å²) in [7, 11) is 3.71. The maximum absolute atomic E-state index is 14.5. The van der Waals surface area contributed by atoms with Gasteiger partial charge < -0.3 is 69.9 Å². The summed E-state index contributed by atoms with van der Waals surface area (Å²) in [5, 5.41) is 37.5. The predicted molar refractivity (Wildman–Crippen MR) is 285 cm³/mol. The van der Waals surface area contributed by atoms with E-state index in [0.717, 1.165) is 0 Å². The van der Waals surface area contributed by atoms with Crippen molar-refractivity contribution in [1.82, 2.24) is 36.8 Å². The average Bonchev–Trinajstić information content (AvgIpc) is 3.35. The van der Waals surface area contributed by atoms with Crippen LogP contribution in [0.25, 0.3) is 0 Å². The number of nitrogens with zero attached hydrogens (tertiary/aromatic N) is 1. The van der Waals surface area contributed by atoms with Crippen LogP contribution in [0.4, 0.5) is 0 Å². The van der Waals surface area contributed by atoms with Gasteiger partial charge in [0.2, 0.25) is 35.4 Å². The summed E-state index contributed by atoms with van der Waals surface area (Å²) in [5.74, 6) is -11.9. The molecule has 23 heteroatoms. The number of aliphatic hydroxyl groups is 2. The van der Waals surface area contributed by atoms with E-state index in [0.29, 0.717) is 18.5 Å². The first-order valence-corrected chi connectivity index (χ1v) is 26.7. The Hall–Kier alpha value is -5.56. The molecule has 23 nitrogen and oxygen atoms in total. The zero-order valence-electron chi connectivity index (χ0n) is 45.5. The lowest BCUT2D eigenvalue weighted by molar-refractivity contribution is -0.137. The Bertz CT molecular complexity index is 2060. The predicted octanol–water partition coefficient (Wildman–Crippen LogP) is -1.98. The second-order valence-corrected chi connectivity index (χ2v) is 20.8. The molecule has 0 radical (unpaired) electrons. The summed E-state index contributed by atoms with van der Waals surface area (Å²) < 4.78 is 0. The Labute approximate surface area is 447 Å². The van der Waals surface area contributed by atoms with E-state index in [1.54, 1.807) is 30.3 Å². The normalized spacial score (nSPS) is 23.8. The second kappa shape index (κ2) is 35.0. The maximum atomic E-state index is 14.5. The van der Waals surface area contributed by atoms with Gasteiger partial charge in [-0.3, -0.25) is 47.9 Å². The average molecular weight is 1070 g/mol. The van der Waals surface area contributed by atoms with Gasteiger partial charge in [-0.15, -0.1) is 0 Å². The molecule has 0 spiro atoms. The fourth-order valence-electron chi connectivity index (χ4n) is 9.00. The van der Waals surface area contributed by atoms with E-state index >= 15 is 0 Å². The quantitative estimate of drug-likeness (QED) is 0.0505. The summed E-state index contributed by atoms with van der Waals surface area (Å²) in [6, 6.07) is 2.47. The van der Waals surface area contributed by atoms with Crippen molar-refractivity contribution < 1.29 is 58.2 Å². The van der Waals surface area contributed by atoms with E-state index in [2.05, 4.69) is 31.9 Å². The number of Topliss-reactive ketones (excluding diaryl/α,β-unsaturated/α-hetero) is 4. The summed E-state index contributed by atoms with van der Waals surface area (Å²) in [5.41, 5.74) is 24.3. The molecule has 2 unspecified atom stereocenters. The fraction of sp³-hybridized carbons (Fsp3) is 0.698. The van der Waals surface area contributed by atoms with Crippen LogP contribution in [0, 0.1) is 29.6 Å². The van der Waals surface area contributed by atoms with Crippen LogP contribution in [0.1, 0.15) is 110 Å². The highest BCUT2D eigenvalue weighted by molar-refractivity contribution is 5.98. The van der Waals surface area contributed by atoms with Gasteiger partial charge in [-0.2, -0.15) is 0 Å². The first-order chi connectivity index (χ1) is 36.0. The number of hydrogen-bond acceptors (Lipinski definition) is 17. The largest absolute Gasteiger partial charge is 0.393 e. The maximum Gasteiger partial charge on any atom is 0.243 e. The third-order valence-corrected chi connectivity index (χ3v) is 13.4. The Morgan fingerprint density at radius 3 is 1.79 bits per heavy atom. The van der Waals surface area contributed by atoms with E-state index in [4.69, 9.17) is 22.9 Å². The number of ketones is 4. The minimum atomic E-state index is -1.40. The van der Waals surface area contributed by atoms with E-state index in [9.17, 15) is 58.2 Å². The number of carbonyl (C=O) groups excluding carboxylic acids is 10. The number of carbonyl (C=O) groups is 10. The topological polar surface area (TPSA) is 391 Å². The fourth-order valence-corrected chi connectivity index (χ4v) is 9.00. The Morgan fingerprint density at radius 2 is 1.24 bits per heavy atom. The minimum absolute atomic E-state index is 0.0333. The zero-order chi connectivity index (χ0) is 57.1. The summed E-state index contributed by atoms with van der Waals surface area (Å²) >= 11 is 0. The summed E-state index contributed by atoms with van der Waals surface area (Å²) in [4.78, 5) is 142. The number of benzene rings is 1. The Balaban J connectivity index is 2.72. The molecule has 0 aromatic heterocycles. The van der Waals surface area contributed by atoms with Crippen LogP contribution in [0.2, 0.25) is 0 Å². The third-order valence-electron chi connectivity index (χ3n) is 13.4. The number of aliphatic hydroxyl groups excluding tert-OH is 2. The molecule has 76 heavy (non-hydrogen) atoms. The highest BCUT2D eigenvalue weighted by atomic mass is 16.3. The van der Waals surface area contributed by atoms with Gasteiger partial charge in [0.15, 0.2) is 17.3 Å². The highest BCUT2D eigenvalue weighted by Crippen LogP contribution is 2.21. The van der Waals surface area contributed by atoms with E-state index in [1.807, 2.05) is 32.8 Å². The molecule has 1 aromatic carbocycles. The molecule has 1 aliphatic heterocycles. The van der Waals surface area contributed by atoms with Crippen molar-refractivity contribution in [1.29, 1.82) is 0 Å². The third kappa shape index (κ3) is 23.8. The van der Waals surface area contributed by atoms with Crippen molar-refractivity contribution in [3.8, 4) is 0 Å². The zero-order valence-corrected chi connectivity index (χ0v) is 45.5. The molecule has 1 aromatic rings. The van der Waals surface area contributed by atoms with Gasteiger partial charge in [-0.1, -0.05) is 44.2 Å². The molecule has 2 rings (SSSR count). The van der Waals surface area contributed by atoms with Gasteiger partial charge in [-0.25, -0.2) is 0 Å². The molecule has 1 fully saturated rings. The van der Waals surface area contributed by atoms with Crippen LogP contribution in [0.15, 0.2) is 30.3 Å². The lowest BCUT2D eigenvalue weighted by atomic mass is 9.89. The number of nitrogens with one attached hydrogen (secondary N) is 6. The van der Waals surface area contributed by atoms with E-state index in [-0.39, 0.29) is 102 Å². The molecule has 0 saturated carbocycles. The van der Waals surface area contributed by atoms with Gasteiger partial charge in [-0.05, 0) is 124 Å². The van der Waals surface area contributed by atoms with Crippen LogP contribution >= 0.6 is 0 Å². The van der Waals surface area contributed by atoms with Gasteiger partial charge in [0, 0.05) is 50.5 Å². The number of rotatable bonds is 25. The highest BCUT2D eigenvalue weighted by Gasteiger charge is 2.37. The standard InChI is InChI=1S/C53H89N11O12/c1-31(2)25-44-53(76)62-43(17-22-57)52(75)61-42(16-21-56)47(70)30-39(33(4)66)50(73)58-23-18-35(27-45(68)41(15-20-55)60-51(74)38(32(3)65)29-37(67)13-10-24-64(5)6)48(71)59-40(14-19-54)46(69)28-36(49(72)63-44)26-34-11-8-7-9-12-34/h7-9,11-12,31-33,35-36,38-44,65-66H,10,13-30,54-57H2,1-6H3,(H,58,73)(H,59,71)(H,60,74)(H,61,75)(H,62,76)(H,63,72)/t32?,33?,35-,36+,38+,39+,40+,41+,42+,43+,44+/m1/s1. The first-order valence-electron chi connectivity index (χ1n) is 26.7. The summed E-state index contributed by atoms with van der Waals surface area (Å²) in [6.07, 6.45) is -4.31. The van der Waals surface area contributed by atoms with Crippen LogP contribution in [0.5, 0.6) is 0 Å². The van der Waals surface area contributed by atoms with E-state index in [1.165, 1.54) is 13.8 Å². The molecule has 0 aliphatic carbocycles. The first kappa shape index (κ1) is 66.6. The van der Waals surface area contributed by atoms with Crippen LogP contribution < -0.4 is 54.8 Å². The smallest absolute Gasteiger partial charge is 0.243 e. The van der Waals surface area contributed by atoms with Crippen LogP contribution in [0.3, 0.4) is 0 Å². The summed E-state index contributed by atoms with van der Waals surface area (Å²) in [6.45, 7) is 6.30. The molecular formula is C53H89N11O12. The van der Waals surface area contributed by atoms with E-state index < -0.39 is 138 Å². The van der Waals surface area contributed by atoms with Crippen LogP contribution in [-0.2, 0) is 54.4 Å². The Morgan fingerprint density at radius 1 is 0.697 bits per heavy atom. The van der Waals surface area contributed by atoms with Gasteiger partial charge >= 0.3 is 0 Å². The van der Waals surface area contributed by atoms with Crippen molar-refractivity contribution in [3.05, 3.63) is 35.9 Å². The van der Waals surface area contributed by atoms with Crippen molar-refractivity contribution >= 4 is 58.6 Å². The number of hydrogen-bond donors (Lipinski definition) is 12. The van der Waals surface area contributed by atoms with Crippen molar-refractivity contribution in [3.63, 3.8) is 0 Å². The lowest BCUT2D eigenvalue weighted by Gasteiger charge is -2.28. The van der Waals surface area contributed by atoms with Gasteiger partial charge in [0.05, 0.1) is 42.2 Å². The molecule has 1 saturated heterocycles. The Kier molecular flexibility index (Phi) is 30.6.